The summed E-state index contributed by atoms with van der Waals surface area (Å²) < 4.78 is 19.1. The lowest BCUT2D eigenvalue weighted by atomic mass is 9.96. The molecule has 0 saturated heterocycles. The Morgan fingerprint density at radius 3 is 2.56 bits per heavy atom. The van der Waals surface area contributed by atoms with Crippen molar-refractivity contribution in [2.45, 2.75) is 38.2 Å². The molecule has 1 aliphatic carbocycles. The largest absolute Gasteiger partial charge is 0.488 e. The van der Waals surface area contributed by atoms with Crippen molar-refractivity contribution in [3.8, 4) is 5.75 Å². The van der Waals surface area contributed by atoms with E-state index in [0.29, 0.717) is 12.3 Å². The standard InChI is InChI=1S/C13H18FNO/c1-9(2)16-12-4-3-10(7-11(12)14)13(8-15)5-6-13/h3-4,7,9H,5-6,8,15H2,1-2H3. The van der Waals surface area contributed by atoms with Crippen LogP contribution in [-0.4, -0.2) is 12.6 Å². The van der Waals surface area contributed by atoms with Gasteiger partial charge in [0.05, 0.1) is 6.10 Å². The van der Waals surface area contributed by atoms with Crippen LogP contribution in [0.1, 0.15) is 32.3 Å². The molecule has 0 aliphatic heterocycles. The Bertz CT molecular complexity index is 386. The smallest absolute Gasteiger partial charge is 0.165 e. The Morgan fingerprint density at radius 2 is 2.12 bits per heavy atom. The number of nitrogens with two attached hydrogens (primary N) is 1. The van der Waals surface area contributed by atoms with Gasteiger partial charge in [0.1, 0.15) is 0 Å². The molecule has 0 unspecified atom stereocenters. The third-order valence-electron chi connectivity index (χ3n) is 3.15. The molecule has 0 aromatic heterocycles. The summed E-state index contributed by atoms with van der Waals surface area (Å²) in [6.07, 6.45) is 2.12. The highest BCUT2D eigenvalue weighted by Gasteiger charge is 2.43. The summed E-state index contributed by atoms with van der Waals surface area (Å²) in [5.41, 5.74) is 6.76. The quantitative estimate of drug-likeness (QED) is 0.851. The molecule has 88 valence electrons. The summed E-state index contributed by atoms with van der Waals surface area (Å²) in [5.74, 6) is 0.0393. The maximum atomic E-state index is 13.7. The second-order valence-corrected chi connectivity index (χ2v) is 4.80. The molecule has 2 N–H and O–H groups in total. The second kappa shape index (κ2) is 4.06. The van der Waals surface area contributed by atoms with Crippen LogP contribution in [0.4, 0.5) is 4.39 Å². The summed E-state index contributed by atoms with van der Waals surface area (Å²) >= 11 is 0. The van der Waals surface area contributed by atoms with Crippen LogP contribution in [0, 0.1) is 5.82 Å². The van der Waals surface area contributed by atoms with Crippen LogP contribution < -0.4 is 10.5 Å². The van der Waals surface area contributed by atoms with E-state index in [0.717, 1.165) is 18.4 Å². The van der Waals surface area contributed by atoms with E-state index in [4.69, 9.17) is 10.5 Å². The molecule has 1 aromatic rings. The second-order valence-electron chi connectivity index (χ2n) is 4.80. The van der Waals surface area contributed by atoms with Gasteiger partial charge in [-0.3, -0.25) is 0 Å². The Morgan fingerprint density at radius 1 is 1.44 bits per heavy atom. The third kappa shape index (κ3) is 2.05. The van der Waals surface area contributed by atoms with E-state index in [1.807, 2.05) is 19.9 Å². The van der Waals surface area contributed by atoms with E-state index in [-0.39, 0.29) is 17.3 Å². The highest BCUT2D eigenvalue weighted by atomic mass is 19.1. The van der Waals surface area contributed by atoms with Crippen molar-refractivity contribution >= 4 is 0 Å². The number of ether oxygens (including phenoxy) is 1. The molecule has 0 bridgehead atoms. The normalized spacial score (nSPS) is 17.6. The van der Waals surface area contributed by atoms with E-state index in [9.17, 15) is 4.39 Å². The van der Waals surface area contributed by atoms with E-state index >= 15 is 0 Å². The Kier molecular flexibility index (Phi) is 2.89. The van der Waals surface area contributed by atoms with Gasteiger partial charge in [0.25, 0.3) is 0 Å². The van der Waals surface area contributed by atoms with E-state index in [2.05, 4.69) is 0 Å². The Balaban J connectivity index is 2.23. The molecule has 0 radical (unpaired) electrons. The fourth-order valence-electron chi connectivity index (χ4n) is 1.94. The molecule has 2 nitrogen and oxygen atoms in total. The SMILES string of the molecule is CC(C)Oc1ccc(C2(CN)CC2)cc1F. The van der Waals surface area contributed by atoms with E-state index in [1.165, 1.54) is 0 Å². The van der Waals surface area contributed by atoms with Crippen molar-refractivity contribution in [2.24, 2.45) is 5.73 Å². The number of hydrogen-bond acceptors (Lipinski definition) is 2. The van der Waals surface area contributed by atoms with Crippen molar-refractivity contribution in [3.63, 3.8) is 0 Å². The minimum atomic E-state index is -0.286. The number of hydrogen-bond donors (Lipinski definition) is 1. The summed E-state index contributed by atoms with van der Waals surface area (Å²) in [7, 11) is 0. The molecule has 2 rings (SSSR count). The lowest BCUT2D eigenvalue weighted by molar-refractivity contribution is 0.231. The van der Waals surface area contributed by atoms with Crippen molar-refractivity contribution in [1.29, 1.82) is 0 Å². The van der Waals surface area contributed by atoms with Crippen molar-refractivity contribution in [1.82, 2.24) is 0 Å². The summed E-state index contributed by atoms with van der Waals surface area (Å²) in [5, 5.41) is 0. The molecule has 1 aliphatic rings. The van der Waals surface area contributed by atoms with Gasteiger partial charge in [-0.25, -0.2) is 4.39 Å². The van der Waals surface area contributed by atoms with Gasteiger partial charge in [-0.15, -0.1) is 0 Å². The first kappa shape index (κ1) is 11.4. The lowest BCUT2D eigenvalue weighted by Gasteiger charge is -2.15. The predicted molar refractivity (Wildman–Crippen MR) is 62.1 cm³/mol. The molecule has 0 spiro atoms. The van der Waals surface area contributed by atoms with Gasteiger partial charge in [-0.1, -0.05) is 6.07 Å². The average molecular weight is 223 g/mol. The molecular formula is C13H18FNO. The van der Waals surface area contributed by atoms with E-state index < -0.39 is 0 Å². The Hall–Kier alpha value is -1.09. The Labute approximate surface area is 95.6 Å². The van der Waals surface area contributed by atoms with Gasteiger partial charge in [0, 0.05) is 12.0 Å². The van der Waals surface area contributed by atoms with Crippen molar-refractivity contribution in [3.05, 3.63) is 29.6 Å². The zero-order chi connectivity index (χ0) is 11.8. The van der Waals surface area contributed by atoms with Crippen LogP contribution in [0.5, 0.6) is 5.75 Å². The first-order valence-corrected chi connectivity index (χ1v) is 5.74. The van der Waals surface area contributed by atoms with Crippen molar-refractivity contribution in [2.75, 3.05) is 6.54 Å². The first-order chi connectivity index (χ1) is 7.57. The monoisotopic (exact) mass is 223 g/mol. The van der Waals surface area contributed by atoms with Crippen LogP contribution in [0.15, 0.2) is 18.2 Å². The number of benzene rings is 1. The third-order valence-corrected chi connectivity index (χ3v) is 3.15. The van der Waals surface area contributed by atoms with Crippen LogP contribution in [0.3, 0.4) is 0 Å². The predicted octanol–water partition coefficient (Wildman–Crippen LogP) is 2.60. The summed E-state index contributed by atoms with van der Waals surface area (Å²) in [6, 6.07) is 5.21. The van der Waals surface area contributed by atoms with Gasteiger partial charge in [0.15, 0.2) is 11.6 Å². The molecule has 1 saturated carbocycles. The molecule has 0 atom stereocenters. The molecule has 16 heavy (non-hydrogen) atoms. The summed E-state index contributed by atoms with van der Waals surface area (Å²) in [6.45, 7) is 4.36. The van der Waals surface area contributed by atoms with Gasteiger partial charge >= 0.3 is 0 Å². The minimum absolute atomic E-state index is 0.00950. The molecule has 0 heterocycles. The van der Waals surface area contributed by atoms with Gasteiger partial charge < -0.3 is 10.5 Å². The van der Waals surface area contributed by atoms with Crippen LogP contribution in [0.2, 0.25) is 0 Å². The summed E-state index contributed by atoms with van der Waals surface area (Å²) in [4.78, 5) is 0. The average Bonchev–Trinajstić information content (AvgIpc) is 3.01. The van der Waals surface area contributed by atoms with Crippen LogP contribution in [0.25, 0.3) is 0 Å². The molecule has 0 amide bonds. The van der Waals surface area contributed by atoms with E-state index in [1.54, 1.807) is 12.1 Å². The minimum Gasteiger partial charge on any atom is -0.488 e. The highest BCUT2D eigenvalue weighted by Crippen LogP contribution is 2.47. The topological polar surface area (TPSA) is 35.2 Å². The van der Waals surface area contributed by atoms with Crippen LogP contribution >= 0.6 is 0 Å². The molecule has 1 aromatic carbocycles. The number of halogens is 1. The fourth-order valence-corrected chi connectivity index (χ4v) is 1.94. The molecular weight excluding hydrogens is 205 g/mol. The number of rotatable bonds is 4. The highest BCUT2D eigenvalue weighted by molar-refractivity contribution is 5.37. The van der Waals surface area contributed by atoms with Crippen LogP contribution in [-0.2, 0) is 5.41 Å². The van der Waals surface area contributed by atoms with Gasteiger partial charge in [-0.2, -0.15) is 0 Å². The molecule has 1 fully saturated rings. The maximum absolute atomic E-state index is 13.7. The van der Waals surface area contributed by atoms with Gasteiger partial charge in [0.2, 0.25) is 0 Å². The zero-order valence-corrected chi connectivity index (χ0v) is 9.79. The van der Waals surface area contributed by atoms with Gasteiger partial charge in [-0.05, 0) is 44.4 Å². The maximum Gasteiger partial charge on any atom is 0.165 e. The fraction of sp³-hybridized carbons (Fsp3) is 0.538. The van der Waals surface area contributed by atoms with Crippen molar-refractivity contribution < 1.29 is 9.13 Å². The zero-order valence-electron chi connectivity index (χ0n) is 9.79. The lowest BCUT2D eigenvalue weighted by Crippen LogP contribution is -2.20. The first-order valence-electron chi connectivity index (χ1n) is 5.74. The molecule has 3 heteroatoms.